The highest BCUT2D eigenvalue weighted by molar-refractivity contribution is 6.31. The lowest BCUT2D eigenvalue weighted by atomic mass is 10.1. The molecule has 1 atom stereocenters. The molecule has 96 valence electrons. The van der Waals surface area contributed by atoms with E-state index in [2.05, 4.69) is 42.2 Å². The number of pyridine rings is 1. The van der Waals surface area contributed by atoms with Crippen LogP contribution >= 0.6 is 11.6 Å². The Kier molecular flexibility index (Phi) is 5.72. The minimum Gasteiger partial charge on any atom is -0.357 e. The Morgan fingerprint density at radius 1 is 1.53 bits per heavy atom. The van der Waals surface area contributed by atoms with Crippen molar-refractivity contribution in [3.8, 4) is 0 Å². The molecule has 0 aliphatic carbocycles. The second-order valence-electron chi connectivity index (χ2n) is 4.41. The molecule has 0 spiro atoms. The van der Waals surface area contributed by atoms with Gasteiger partial charge in [0.1, 0.15) is 5.82 Å². The van der Waals surface area contributed by atoms with Crippen LogP contribution in [0.25, 0.3) is 0 Å². The van der Waals surface area contributed by atoms with Gasteiger partial charge in [-0.05, 0) is 32.0 Å². The number of halogens is 1. The van der Waals surface area contributed by atoms with Gasteiger partial charge in [-0.3, -0.25) is 0 Å². The molecular formula is C13H22ClN3. The molecular weight excluding hydrogens is 234 g/mol. The Balaban J connectivity index is 2.86. The van der Waals surface area contributed by atoms with Crippen molar-refractivity contribution in [1.29, 1.82) is 0 Å². The van der Waals surface area contributed by atoms with E-state index in [0.29, 0.717) is 6.04 Å². The number of hydrogen-bond donors (Lipinski definition) is 1. The van der Waals surface area contributed by atoms with E-state index < -0.39 is 0 Å². The van der Waals surface area contributed by atoms with Crippen LogP contribution in [-0.4, -0.2) is 25.1 Å². The first kappa shape index (κ1) is 14.3. The van der Waals surface area contributed by atoms with Gasteiger partial charge in [0.05, 0.1) is 5.02 Å². The smallest absolute Gasteiger partial charge is 0.128 e. The molecule has 1 aromatic rings. The van der Waals surface area contributed by atoms with Crippen LogP contribution in [0.5, 0.6) is 0 Å². The first-order valence-electron chi connectivity index (χ1n) is 6.12. The zero-order chi connectivity index (χ0) is 12.8. The fourth-order valence-corrected chi connectivity index (χ4v) is 1.99. The minimum atomic E-state index is 0.496. The third-order valence-corrected chi connectivity index (χ3v) is 3.36. The Labute approximate surface area is 109 Å². The zero-order valence-corrected chi connectivity index (χ0v) is 11.9. The van der Waals surface area contributed by atoms with Crippen LogP contribution in [0.2, 0.25) is 5.02 Å². The Bertz CT molecular complexity index is 355. The average Bonchev–Trinajstić information content (AvgIpc) is 2.31. The van der Waals surface area contributed by atoms with Crippen LogP contribution in [-0.2, 0) is 6.54 Å². The lowest BCUT2D eigenvalue weighted by Crippen LogP contribution is -2.29. The highest BCUT2D eigenvalue weighted by atomic mass is 35.5. The highest BCUT2D eigenvalue weighted by Crippen LogP contribution is 2.21. The van der Waals surface area contributed by atoms with Gasteiger partial charge in [0.15, 0.2) is 0 Å². The fourth-order valence-electron chi connectivity index (χ4n) is 1.82. The summed E-state index contributed by atoms with van der Waals surface area (Å²) in [5.41, 5.74) is 1.09. The van der Waals surface area contributed by atoms with Gasteiger partial charge >= 0.3 is 0 Å². The van der Waals surface area contributed by atoms with Crippen LogP contribution in [0.1, 0.15) is 32.3 Å². The van der Waals surface area contributed by atoms with Gasteiger partial charge in [-0.1, -0.05) is 24.9 Å². The maximum absolute atomic E-state index is 6.10. The summed E-state index contributed by atoms with van der Waals surface area (Å²) in [6, 6.07) is 2.56. The van der Waals surface area contributed by atoms with Crippen molar-refractivity contribution >= 4 is 17.4 Å². The van der Waals surface area contributed by atoms with E-state index in [1.807, 2.05) is 7.05 Å². The summed E-state index contributed by atoms with van der Waals surface area (Å²) in [6.07, 6.45) is 4.09. The Morgan fingerprint density at radius 2 is 2.24 bits per heavy atom. The Hall–Kier alpha value is -0.800. The number of anilines is 1. The Morgan fingerprint density at radius 3 is 2.82 bits per heavy atom. The molecule has 1 aromatic heterocycles. The molecule has 0 fully saturated rings. The van der Waals surface area contributed by atoms with Gasteiger partial charge in [-0.2, -0.15) is 0 Å². The second kappa shape index (κ2) is 6.82. The maximum Gasteiger partial charge on any atom is 0.128 e. The molecule has 1 unspecified atom stereocenters. The molecule has 0 saturated heterocycles. The molecule has 0 saturated carbocycles. The summed E-state index contributed by atoms with van der Waals surface area (Å²) in [4.78, 5) is 6.60. The number of aromatic nitrogens is 1. The predicted molar refractivity (Wildman–Crippen MR) is 74.8 cm³/mol. The zero-order valence-electron chi connectivity index (χ0n) is 11.1. The molecule has 0 aromatic carbocycles. The molecule has 0 radical (unpaired) electrons. The first-order chi connectivity index (χ1) is 8.10. The van der Waals surface area contributed by atoms with Crippen molar-refractivity contribution in [2.45, 2.75) is 39.3 Å². The van der Waals surface area contributed by atoms with Gasteiger partial charge in [-0.15, -0.1) is 0 Å². The maximum atomic E-state index is 6.10. The molecule has 0 aliphatic heterocycles. The number of nitrogens with one attached hydrogen (secondary N) is 1. The van der Waals surface area contributed by atoms with E-state index in [1.165, 1.54) is 12.8 Å². The number of nitrogens with zero attached hydrogens (tertiary/aromatic N) is 2. The molecule has 1 rings (SSSR count). The summed E-state index contributed by atoms with van der Waals surface area (Å²) < 4.78 is 0. The summed E-state index contributed by atoms with van der Waals surface area (Å²) in [5, 5.41) is 3.84. The van der Waals surface area contributed by atoms with Gasteiger partial charge in [0.25, 0.3) is 0 Å². The van der Waals surface area contributed by atoms with E-state index in [-0.39, 0.29) is 0 Å². The van der Waals surface area contributed by atoms with E-state index in [4.69, 9.17) is 11.6 Å². The van der Waals surface area contributed by atoms with E-state index in [9.17, 15) is 0 Å². The normalized spacial score (nSPS) is 12.5. The van der Waals surface area contributed by atoms with Gasteiger partial charge in [-0.25, -0.2) is 4.98 Å². The van der Waals surface area contributed by atoms with Gasteiger partial charge in [0, 0.05) is 25.8 Å². The molecule has 0 amide bonds. The quantitative estimate of drug-likeness (QED) is 0.847. The van der Waals surface area contributed by atoms with Crippen LogP contribution in [0, 0.1) is 0 Å². The van der Waals surface area contributed by atoms with E-state index in [1.54, 1.807) is 6.20 Å². The molecule has 1 N–H and O–H groups in total. The van der Waals surface area contributed by atoms with Crippen LogP contribution in [0.15, 0.2) is 12.3 Å². The molecule has 0 bridgehead atoms. The third kappa shape index (κ3) is 3.86. The van der Waals surface area contributed by atoms with Crippen molar-refractivity contribution in [3.63, 3.8) is 0 Å². The third-order valence-electron chi connectivity index (χ3n) is 3.02. The standard InChI is InChI=1S/C13H22ClN3/c1-5-6-10(2)17(4)13-7-11(8-15-3)12(14)9-16-13/h7,9-10,15H,5-6,8H2,1-4H3. The second-order valence-corrected chi connectivity index (χ2v) is 4.82. The van der Waals surface area contributed by atoms with Crippen molar-refractivity contribution in [2.75, 3.05) is 19.0 Å². The summed E-state index contributed by atoms with van der Waals surface area (Å²) in [5.74, 6) is 0.987. The average molecular weight is 256 g/mol. The van der Waals surface area contributed by atoms with Crippen molar-refractivity contribution in [3.05, 3.63) is 22.8 Å². The largest absolute Gasteiger partial charge is 0.357 e. The predicted octanol–water partition coefficient (Wildman–Crippen LogP) is 3.08. The lowest BCUT2D eigenvalue weighted by molar-refractivity contribution is 0.611. The van der Waals surface area contributed by atoms with Crippen molar-refractivity contribution < 1.29 is 0 Å². The van der Waals surface area contributed by atoms with Crippen LogP contribution in [0.4, 0.5) is 5.82 Å². The van der Waals surface area contributed by atoms with Crippen LogP contribution < -0.4 is 10.2 Å². The molecule has 1 heterocycles. The molecule has 4 heteroatoms. The number of hydrogen-bond acceptors (Lipinski definition) is 3. The van der Waals surface area contributed by atoms with Gasteiger partial charge < -0.3 is 10.2 Å². The molecule has 3 nitrogen and oxygen atoms in total. The highest BCUT2D eigenvalue weighted by Gasteiger charge is 2.12. The topological polar surface area (TPSA) is 28.2 Å². The minimum absolute atomic E-state index is 0.496. The summed E-state index contributed by atoms with van der Waals surface area (Å²) in [6.45, 7) is 5.19. The molecule has 0 aliphatic rings. The fraction of sp³-hybridized carbons (Fsp3) is 0.615. The summed E-state index contributed by atoms with van der Waals surface area (Å²) >= 11 is 6.10. The molecule has 17 heavy (non-hydrogen) atoms. The SMILES string of the molecule is CCCC(C)N(C)c1cc(CNC)c(Cl)cn1. The number of rotatable bonds is 6. The summed E-state index contributed by atoms with van der Waals surface area (Å²) in [7, 11) is 4.00. The van der Waals surface area contributed by atoms with Gasteiger partial charge in [0.2, 0.25) is 0 Å². The first-order valence-corrected chi connectivity index (χ1v) is 6.49. The van der Waals surface area contributed by atoms with Crippen LogP contribution in [0.3, 0.4) is 0 Å². The lowest BCUT2D eigenvalue weighted by Gasteiger charge is -2.26. The van der Waals surface area contributed by atoms with E-state index in [0.717, 1.165) is 22.9 Å². The van der Waals surface area contributed by atoms with Crippen molar-refractivity contribution in [2.24, 2.45) is 0 Å². The van der Waals surface area contributed by atoms with E-state index >= 15 is 0 Å². The van der Waals surface area contributed by atoms with Crippen molar-refractivity contribution in [1.82, 2.24) is 10.3 Å². The monoisotopic (exact) mass is 255 g/mol.